The van der Waals surface area contributed by atoms with Crippen molar-refractivity contribution in [2.45, 2.75) is 71.4 Å². The third-order valence-corrected chi connectivity index (χ3v) is 8.01. The molecule has 1 aromatic carbocycles. The minimum Gasteiger partial charge on any atom is -0.464 e. The Morgan fingerprint density at radius 3 is 2.47 bits per heavy atom. The van der Waals surface area contributed by atoms with Crippen LogP contribution in [0.2, 0.25) is 0 Å². The van der Waals surface area contributed by atoms with Gasteiger partial charge in [-0.25, -0.2) is 13.4 Å². The molecule has 34 heavy (non-hydrogen) atoms. The fraction of sp³-hybridized carbons (Fsp3) is 0.520. The van der Waals surface area contributed by atoms with E-state index in [-0.39, 0.29) is 22.6 Å². The van der Waals surface area contributed by atoms with Crippen LogP contribution in [0, 0.1) is 11.8 Å². The summed E-state index contributed by atoms with van der Waals surface area (Å²) in [5.74, 6) is 0.447. The molecule has 0 saturated heterocycles. The van der Waals surface area contributed by atoms with E-state index >= 15 is 0 Å². The number of hydrogen-bond acceptors (Lipinski definition) is 6. The fourth-order valence-electron chi connectivity index (χ4n) is 3.79. The van der Waals surface area contributed by atoms with Crippen LogP contribution < -0.4 is 4.72 Å². The van der Waals surface area contributed by atoms with Crippen LogP contribution in [-0.2, 0) is 21.4 Å². The molecular weight excluding hydrogens is 470 g/mol. The number of furan rings is 1. The topological polar surface area (TPSA) is 92.5 Å². The second-order valence-electron chi connectivity index (χ2n) is 9.87. The minimum atomic E-state index is -3.91. The molecular formula is C25H35N3O4S2. The molecule has 0 aliphatic carbocycles. The van der Waals surface area contributed by atoms with E-state index in [1.165, 1.54) is 12.3 Å². The Labute approximate surface area is 206 Å². The molecule has 1 atom stereocenters. The van der Waals surface area contributed by atoms with Gasteiger partial charge in [0.05, 0.1) is 28.4 Å². The van der Waals surface area contributed by atoms with Crippen LogP contribution in [0.3, 0.4) is 0 Å². The number of rotatable bonds is 11. The van der Waals surface area contributed by atoms with Gasteiger partial charge in [0, 0.05) is 23.2 Å². The number of thiazole rings is 1. The molecule has 0 spiro atoms. The molecule has 3 aromatic rings. The van der Waals surface area contributed by atoms with Gasteiger partial charge < -0.3 is 9.32 Å². The SMILES string of the molecule is CC(C)C[C@H](NS(=O)(=O)c1ccc2occc2c1)C(=O)N(Cc1csc(C(C)C)n1)CC(C)C. The number of hydrogen-bond donors (Lipinski definition) is 1. The van der Waals surface area contributed by atoms with Crippen molar-refractivity contribution in [2.24, 2.45) is 11.8 Å². The zero-order valence-electron chi connectivity index (χ0n) is 20.7. The van der Waals surface area contributed by atoms with Gasteiger partial charge in [-0.2, -0.15) is 4.72 Å². The lowest BCUT2D eigenvalue weighted by atomic mass is 10.0. The van der Waals surface area contributed by atoms with Crippen LogP contribution in [0.15, 0.2) is 45.2 Å². The maximum absolute atomic E-state index is 13.7. The minimum absolute atomic E-state index is 0.111. The summed E-state index contributed by atoms with van der Waals surface area (Å²) in [7, 11) is -3.91. The molecule has 1 N–H and O–H groups in total. The predicted octanol–water partition coefficient (Wildman–Crippen LogP) is 5.39. The summed E-state index contributed by atoms with van der Waals surface area (Å²) >= 11 is 1.59. The van der Waals surface area contributed by atoms with Crippen LogP contribution in [0.4, 0.5) is 0 Å². The average Bonchev–Trinajstić information content (AvgIpc) is 3.40. The van der Waals surface area contributed by atoms with Gasteiger partial charge in [0.2, 0.25) is 15.9 Å². The second kappa shape index (κ2) is 11.0. The number of sulfonamides is 1. The number of carbonyl (C=O) groups excluding carboxylic acids is 1. The number of benzene rings is 1. The Balaban J connectivity index is 1.87. The van der Waals surface area contributed by atoms with E-state index in [4.69, 9.17) is 4.42 Å². The Bertz CT molecular complexity index is 1210. The van der Waals surface area contributed by atoms with Crippen molar-refractivity contribution < 1.29 is 17.6 Å². The quantitative estimate of drug-likeness (QED) is 0.377. The summed E-state index contributed by atoms with van der Waals surface area (Å²) in [5, 5.41) is 3.71. The van der Waals surface area contributed by atoms with Crippen LogP contribution in [0.25, 0.3) is 11.0 Å². The van der Waals surface area contributed by atoms with Crippen LogP contribution in [-0.4, -0.2) is 36.8 Å². The number of fused-ring (bicyclic) bond motifs is 1. The van der Waals surface area contributed by atoms with Crippen molar-refractivity contribution in [1.82, 2.24) is 14.6 Å². The normalized spacial score (nSPS) is 13.3. The number of carbonyl (C=O) groups is 1. The van der Waals surface area contributed by atoms with Crippen molar-refractivity contribution in [3.63, 3.8) is 0 Å². The van der Waals surface area contributed by atoms with Gasteiger partial charge in [-0.3, -0.25) is 4.79 Å². The third-order valence-electron chi connectivity index (χ3n) is 5.35. The molecule has 2 heterocycles. The molecule has 0 aliphatic heterocycles. The first-order chi connectivity index (χ1) is 16.0. The van der Waals surface area contributed by atoms with Gasteiger partial charge in [0.25, 0.3) is 0 Å². The van der Waals surface area contributed by atoms with Crippen molar-refractivity contribution in [2.75, 3.05) is 6.54 Å². The second-order valence-corrected chi connectivity index (χ2v) is 12.5. The first-order valence-corrected chi connectivity index (χ1v) is 14.0. The smallest absolute Gasteiger partial charge is 0.241 e. The van der Waals surface area contributed by atoms with Gasteiger partial charge in [-0.05, 0) is 42.5 Å². The van der Waals surface area contributed by atoms with E-state index in [9.17, 15) is 13.2 Å². The highest BCUT2D eigenvalue weighted by Gasteiger charge is 2.31. The largest absolute Gasteiger partial charge is 0.464 e. The number of amides is 1. The van der Waals surface area contributed by atoms with Crippen LogP contribution in [0.1, 0.15) is 64.6 Å². The van der Waals surface area contributed by atoms with Crippen LogP contribution >= 0.6 is 11.3 Å². The number of aromatic nitrogens is 1. The average molecular weight is 506 g/mol. The Morgan fingerprint density at radius 2 is 1.85 bits per heavy atom. The molecule has 9 heteroatoms. The van der Waals surface area contributed by atoms with E-state index < -0.39 is 16.1 Å². The first kappa shape index (κ1) is 26.4. The maximum atomic E-state index is 13.7. The van der Waals surface area contributed by atoms with Gasteiger partial charge in [0.15, 0.2) is 0 Å². The third kappa shape index (κ3) is 6.67. The molecule has 2 aromatic heterocycles. The number of nitrogens with one attached hydrogen (secondary N) is 1. The monoisotopic (exact) mass is 505 g/mol. The predicted molar refractivity (Wildman–Crippen MR) is 136 cm³/mol. The molecule has 3 rings (SSSR count). The van der Waals surface area contributed by atoms with E-state index in [1.807, 2.05) is 33.1 Å². The lowest BCUT2D eigenvalue weighted by molar-refractivity contribution is -0.134. The molecule has 1 amide bonds. The summed E-state index contributed by atoms with van der Waals surface area (Å²) in [6.07, 6.45) is 1.92. The molecule has 7 nitrogen and oxygen atoms in total. The molecule has 0 aliphatic rings. The van der Waals surface area contributed by atoms with Gasteiger partial charge in [-0.1, -0.05) is 41.5 Å². The molecule has 0 saturated carbocycles. The summed E-state index contributed by atoms with van der Waals surface area (Å²) in [6.45, 7) is 13.1. The Morgan fingerprint density at radius 1 is 1.12 bits per heavy atom. The lowest BCUT2D eigenvalue weighted by Crippen LogP contribution is -2.49. The highest BCUT2D eigenvalue weighted by molar-refractivity contribution is 7.89. The zero-order chi connectivity index (χ0) is 25.0. The summed E-state index contributed by atoms with van der Waals surface area (Å²) < 4.78 is 34.5. The maximum Gasteiger partial charge on any atom is 0.241 e. The van der Waals surface area contributed by atoms with Crippen molar-refractivity contribution in [3.05, 3.63) is 46.6 Å². The van der Waals surface area contributed by atoms with Crippen molar-refractivity contribution in [3.8, 4) is 0 Å². The highest BCUT2D eigenvalue weighted by atomic mass is 32.2. The van der Waals surface area contributed by atoms with Crippen molar-refractivity contribution in [1.29, 1.82) is 0 Å². The van der Waals surface area contributed by atoms with E-state index in [1.54, 1.807) is 34.4 Å². The van der Waals surface area contributed by atoms with Crippen molar-refractivity contribution >= 4 is 38.2 Å². The molecule has 0 fully saturated rings. The zero-order valence-corrected chi connectivity index (χ0v) is 22.4. The van der Waals surface area contributed by atoms with E-state index in [0.29, 0.717) is 36.4 Å². The molecule has 0 unspecified atom stereocenters. The summed E-state index contributed by atoms with van der Waals surface area (Å²) in [5.41, 5.74) is 1.44. The van der Waals surface area contributed by atoms with E-state index in [0.717, 1.165) is 10.7 Å². The van der Waals surface area contributed by atoms with Gasteiger partial charge >= 0.3 is 0 Å². The van der Waals surface area contributed by atoms with Gasteiger partial charge in [-0.15, -0.1) is 11.3 Å². The summed E-state index contributed by atoms with van der Waals surface area (Å²) in [4.78, 5) is 20.2. The molecule has 0 bridgehead atoms. The van der Waals surface area contributed by atoms with Gasteiger partial charge in [0.1, 0.15) is 11.6 Å². The van der Waals surface area contributed by atoms with Crippen LogP contribution in [0.5, 0.6) is 0 Å². The Kier molecular flexibility index (Phi) is 8.54. The Hall–Kier alpha value is -2.23. The molecule has 0 radical (unpaired) electrons. The summed E-state index contributed by atoms with van der Waals surface area (Å²) in [6, 6.07) is 5.54. The van der Waals surface area contributed by atoms with E-state index in [2.05, 4.69) is 23.6 Å². The highest BCUT2D eigenvalue weighted by Crippen LogP contribution is 2.23. The first-order valence-electron chi connectivity index (χ1n) is 11.7. The number of nitrogens with zero attached hydrogens (tertiary/aromatic N) is 2. The molecule has 186 valence electrons. The standard InChI is InChI=1S/C25H35N3O4S2/c1-16(2)11-22(27-34(30,31)21-7-8-23-19(12-21)9-10-32-23)25(29)28(13-17(3)4)14-20-15-33-24(26-20)18(5)6/h7-10,12,15-18,22,27H,11,13-14H2,1-6H3/t22-/m0/s1. The lowest BCUT2D eigenvalue weighted by Gasteiger charge is -2.29. The fourth-order valence-corrected chi connectivity index (χ4v) is 5.85.